The highest BCUT2D eigenvalue weighted by atomic mass is 16.5. The number of hydrogen-bond acceptors (Lipinski definition) is 3. The Morgan fingerprint density at radius 2 is 1.89 bits per heavy atom. The Morgan fingerprint density at radius 1 is 1.11 bits per heavy atom. The van der Waals surface area contributed by atoms with Crippen LogP contribution in [0.15, 0.2) is 18.2 Å². The summed E-state index contributed by atoms with van der Waals surface area (Å²) >= 11 is 0. The Hall–Kier alpha value is -1.38. The van der Waals surface area contributed by atoms with Crippen molar-refractivity contribution in [3.8, 4) is 11.5 Å². The molecule has 1 aromatic rings. The lowest BCUT2D eigenvalue weighted by Crippen LogP contribution is -2.30. The van der Waals surface area contributed by atoms with Crippen molar-refractivity contribution >= 4 is 5.69 Å². The first-order valence-corrected chi connectivity index (χ1v) is 6.73. The minimum Gasteiger partial charge on any atom is -0.497 e. The molecule has 3 heteroatoms. The molecular weight excluding hydrogens is 226 g/mol. The minimum atomic E-state index is 0.557. The SMILES string of the molecule is COc1ccc(NC2CCCCC2C)c(OC)c1. The minimum absolute atomic E-state index is 0.557. The third kappa shape index (κ3) is 2.89. The second-order valence-electron chi connectivity index (χ2n) is 5.08. The van der Waals surface area contributed by atoms with Gasteiger partial charge >= 0.3 is 0 Å². The van der Waals surface area contributed by atoms with E-state index in [9.17, 15) is 0 Å². The zero-order chi connectivity index (χ0) is 13.0. The largest absolute Gasteiger partial charge is 0.497 e. The smallest absolute Gasteiger partial charge is 0.145 e. The standard InChI is InChI=1S/C15H23NO2/c1-11-6-4-5-7-13(11)16-14-9-8-12(17-2)10-15(14)18-3/h8-11,13,16H,4-7H2,1-3H3. The molecule has 1 aliphatic carbocycles. The maximum atomic E-state index is 5.42. The Morgan fingerprint density at radius 3 is 2.56 bits per heavy atom. The second kappa shape index (κ2) is 5.98. The molecule has 0 saturated heterocycles. The van der Waals surface area contributed by atoms with Gasteiger partial charge in [0.05, 0.1) is 19.9 Å². The highest BCUT2D eigenvalue weighted by Gasteiger charge is 2.21. The van der Waals surface area contributed by atoms with Gasteiger partial charge in [0.25, 0.3) is 0 Å². The van der Waals surface area contributed by atoms with Gasteiger partial charge in [-0.15, -0.1) is 0 Å². The van der Waals surface area contributed by atoms with Crippen LogP contribution in [-0.4, -0.2) is 20.3 Å². The van der Waals surface area contributed by atoms with E-state index in [1.807, 2.05) is 18.2 Å². The molecule has 0 aromatic heterocycles. The lowest BCUT2D eigenvalue weighted by atomic mass is 9.86. The van der Waals surface area contributed by atoms with E-state index in [4.69, 9.17) is 9.47 Å². The van der Waals surface area contributed by atoms with Gasteiger partial charge in [-0.1, -0.05) is 19.8 Å². The van der Waals surface area contributed by atoms with Gasteiger partial charge in [0, 0.05) is 12.1 Å². The molecule has 0 bridgehead atoms. The van der Waals surface area contributed by atoms with Gasteiger partial charge < -0.3 is 14.8 Å². The summed E-state index contributed by atoms with van der Waals surface area (Å²) in [7, 11) is 3.37. The summed E-state index contributed by atoms with van der Waals surface area (Å²) in [6.45, 7) is 2.33. The molecule has 18 heavy (non-hydrogen) atoms. The molecule has 2 atom stereocenters. The molecular formula is C15H23NO2. The van der Waals surface area contributed by atoms with E-state index in [-0.39, 0.29) is 0 Å². The van der Waals surface area contributed by atoms with Crippen molar-refractivity contribution in [1.29, 1.82) is 0 Å². The first-order valence-electron chi connectivity index (χ1n) is 6.73. The molecule has 100 valence electrons. The summed E-state index contributed by atoms with van der Waals surface area (Å²) in [5, 5.41) is 3.62. The Balaban J connectivity index is 2.12. The van der Waals surface area contributed by atoms with Crippen molar-refractivity contribution in [3.05, 3.63) is 18.2 Å². The third-order valence-electron chi connectivity index (χ3n) is 3.86. The Bertz CT molecular complexity index is 392. The molecule has 1 aromatic carbocycles. The number of methoxy groups -OCH3 is 2. The lowest BCUT2D eigenvalue weighted by molar-refractivity contribution is 0.347. The van der Waals surface area contributed by atoms with Crippen molar-refractivity contribution in [2.45, 2.75) is 38.6 Å². The summed E-state index contributed by atoms with van der Waals surface area (Å²) in [6, 6.07) is 6.49. The van der Waals surface area contributed by atoms with Gasteiger partial charge in [0.15, 0.2) is 0 Å². The van der Waals surface area contributed by atoms with Gasteiger partial charge in [0.2, 0.25) is 0 Å². The van der Waals surface area contributed by atoms with Crippen LogP contribution >= 0.6 is 0 Å². The van der Waals surface area contributed by atoms with Crippen LogP contribution in [0.3, 0.4) is 0 Å². The van der Waals surface area contributed by atoms with Crippen LogP contribution in [0.1, 0.15) is 32.6 Å². The fraction of sp³-hybridized carbons (Fsp3) is 0.600. The van der Waals surface area contributed by atoms with Crippen molar-refractivity contribution < 1.29 is 9.47 Å². The van der Waals surface area contributed by atoms with Gasteiger partial charge in [-0.25, -0.2) is 0 Å². The molecule has 1 N–H and O–H groups in total. The molecule has 0 amide bonds. The average Bonchev–Trinajstić information content (AvgIpc) is 2.41. The highest BCUT2D eigenvalue weighted by molar-refractivity contribution is 5.59. The van der Waals surface area contributed by atoms with Crippen LogP contribution in [0.25, 0.3) is 0 Å². The summed E-state index contributed by atoms with van der Waals surface area (Å²) in [6.07, 6.45) is 5.24. The predicted molar refractivity (Wildman–Crippen MR) is 74.6 cm³/mol. The van der Waals surface area contributed by atoms with E-state index in [0.29, 0.717) is 6.04 Å². The molecule has 0 heterocycles. The van der Waals surface area contributed by atoms with Crippen LogP contribution in [0, 0.1) is 5.92 Å². The van der Waals surface area contributed by atoms with Crippen LogP contribution in [0.4, 0.5) is 5.69 Å². The van der Waals surface area contributed by atoms with Gasteiger partial charge in [-0.3, -0.25) is 0 Å². The van der Waals surface area contributed by atoms with Crippen LogP contribution in [-0.2, 0) is 0 Å². The average molecular weight is 249 g/mol. The Labute approximate surface area is 109 Å². The number of rotatable bonds is 4. The zero-order valence-corrected chi connectivity index (χ0v) is 11.5. The summed E-state index contributed by atoms with van der Waals surface area (Å²) in [4.78, 5) is 0. The topological polar surface area (TPSA) is 30.5 Å². The maximum Gasteiger partial charge on any atom is 0.145 e. The quantitative estimate of drug-likeness (QED) is 0.882. The molecule has 1 aliphatic rings. The summed E-state index contributed by atoms with van der Waals surface area (Å²) in [5.74, 6) is 2.41. The zero-order valence-electron chi connectivity index (χ0n) is 11.5. The second-order valence-corrected chi connectivity index (χ2v) is 5.08. The third-order valence-corrected chi connectivity index (χ3v) is 3.86. The van der Waals surface area contributed by atoms with E-state index in [1.54, 1.807) is 14.2 Å². The number of nitrogens with one attached hydrogen (secondary N) is 1. The molecule has 1 saturated carbocycles. The normalized spacial score (nSPS) is 23.5. The maximum absolute atomic E-state index is 5.42. The number of hydrogen-bond donors (Lipinski definition) is 1. The van der Waals surface area contributed by atoms with Crippen LogP contribution in [0.5, 0.6) is 11.5 Å². The molecule has 1 fully saturated rings. The monoisotopic (exact) mass is 249 g/mol. The van der Waals surface area contributed by atoms with Gasteiger partial charge in [0.1, 0.15) is 11.5 Å². The Kier molecular flexibility index (Phi) is 4.34. The van der Waals surface area contributed by atoms with Gasteiger partial charge in [-0.2, -0.15) is 0 Å². The van der Waals surface area contributed by atoms with Crippen LogP contribution < -0.4 is 14.8 Å². The van der Waals surface area contributed by atoms with Crippen molar-refractivity contribution in [1.82, 2.24) is 0 Å². The summed E-state index contributed by atoms with van der Waals surface area (Å²) < 4.78 is 10.6. The van der Waals surface area contributed by atoms with E-state index >= 15 is 0 Å². The predicted octanol–water partition coefficient (Wildman–Crippen LogP) is 3.69. The number of anilines is 1. The van der Waals surface area contributed by atoms with Crippen LogP contribution in [0.2, 0.25) is 0 Å². The molecule has 2 rings (SSSR count). The van der Waals surface area contributed by atoms with E-state index < -0.39 is 0 Å². The number of benzene rings is 1. The fourth-order valence-electron chi connectivity index (χ4n) is 2.65. The van der Waals surface area contributed by atoms with Crippen molar-refractivity contribution in [3.63, 3.8) is 0 Å². The van der Waals surface area contributed by atoms with Gasteiger partial charge in [-0.05, 0) is 30.9 Å². The molecule has 0 aliphatic heterocycles. The van der Waals surface area contributed by atoms with Crippen molar-refractivity contribution in [2.24, 2.45) is 5.92 Å². The first kappa shape index (κ1) is 13.1. The molecule has 3 nitrogen and oxygen atoms in total. The van der Waals surface area contributed by atoms with E-state index in [0.717, 1.165) is 23.1 Å². The number of ether oxygens (including phenoxy) is 2. The highest BCUT2D eigenvalue weighted by Crippen LogP contribution is 2.33. The van der Waals surface area contributed by atoms with E-state index in [1.165, 1.54) is 25.7 Å². The summed E-state index contributed by atoms with van der Waals surface area (Å²) in [5.41, 5.74) is 1.07. The van der Waals surface area contributed by atoms with E-state index in [2.05, 4.69) is 12.2 Å². The molecule has 0 spiro atoms. The first-order chi connectivity index (χ1) is 8.74. The molecule has 0 radical (unpaired) electrons. The molecule has 2 unspecified atom stereocenters. The van der Waals surface area contributed by atoms with Crippen molar-refractivity contribution in [2.75, 3.05) is 19.5 Å². The fourth-order valence-corrected chi connectivity index (χ4v) is 2.65. The lowest BCUT2D eigenvalue weighted by Gasteiger charge is -2.30.